The summed E-state index contributed by atoms with van der Waals surface area (Å²) in [5.74, 6) is 2.66. The van der Waals surface area contributed by atoms with Crippen LogP contribution in [0, 0.1) is 0 Å². The number of amides is 1. The Morgan fingerprint density at radius 2 is 1.86 bits per heavy atom. The van der Waals surface area contributed by atoms with Crippen molar-refractivity contribution in [3.8, 4) is 11.5 Å². The molecule has 7 heteroatoms. The number of hydrogen-bond acceptors (Lipinski definition) is 4. The molecule has 1 amide bonds. The largest absolute Gasteiger partial charge is 0.493 e. The molecule has 4 nitrogen and oxygen atoms in total. The first kappa shape index (κ1) is 22.7. The first-order chi connectivity index (χ1) is 13.5. The lowest BCUT2D eigenvalue weighted by atomic mass is 10.1. The van der Waals surface area contributed by atoms with Crippen molar-refractivity contribution in [2.75, 3.05) is 26.0 Å². The minimum Gasteiger partial charge on any atom is -0.493 e. The van der Waals surface area contributed by atoms with Crippen molar-refractivity contribution in [2.24, 2.45) is 0 Å². The Hall–Kier alpha value is -1.56. The van der Waals surface area contributed by atoms with Crippen LogP contribution < -0.4 is 14.8 Å². The smallest absolute Gasteiger partial charge is 0.230 e. The van der Waals surface area contributed by atoms with E-state index in [4.69, 9.17) is 32.7 Å². The number of benzene rings is 2. The van der Waals surface area contributed by atoms with Crippen LogP contribution in [0.4, 0.5) is 0 Å². The average molecular weight is 442 g/mol. The maximum absolute atomic E-state index is 12.0. The Bertz CT molecular complexity index is 786. The Morgan fingerprint density at radius 3 is 2.57 bits per heavy atom. The second kappa shape index (κ2) is 12.1. The van der Waals surface area contributed by atoms with Gasteiger partial charge in [0.25, 0.3) is 0 Å². The molecular weight excluding hydrogens is 417 g/mol. The van der Waals surface area contributed by atoms with Gasteiger partial charge in [-0.05, 0) is 55.2 Å². The van der Waals surface area contributed by atoms with E-state index in [0.29, 0.717) is 28.9 Å². The van der Waals surface area contributed by atoms with Crippen LogP contribution in [0.15, 0.2) is 36.4 Å². The molecule has 0 unspecified atom stereocenters. The van der Waals surface area contributed by atoms with E-state index >= 15 is 0 Å². The highest BCUT2D eigenvalue weighted by molar-refractivity contribution is 7.99. The van der Waals surface area contributed by atoms with Crippen LogP contribution in [0.2, 0.25) is 10.0 Å². The standard InChI is InChI=1S/C21H25Cl2NO3S/c1-3-27-19-9-7-15(12-20(19)26-2)5-4-10-24-21(25)14-28-13-16-6-8-17(22)18(23)11-16/h6-9,11-12H,3-5,10,13-14H2,1-2H3,(H,24,25). The van der Waals surface area contributed by atoms with Crippen molar-refractivity contribution in [1.82, 2.24) is 5.32 Å². The summed E-state index contributed by atoms with van der Waals surface area (Å²) >= 11 is 13.5. The minimum atomic E-state index is 0.0364. The molecule has 1 N–H and O–H groups in total. The van der Waals surface area contributed by atoms with Gasteiger partial charge in [0.15, 0.2) is 11.5 Å². The van der Waals surface area contributed by atoms with Gasteiger partial charge in [-0.25, -0.2) is 0 Å². The maximum atomic E-state index is 12.0. The van der Waals surface area contributed by atoms with Crippen molar-refractivity contribution in [2.45, 2.75) is 25.5 Å². The predicted molar refractivity (Wildman–Crippen MR) is 118 cm³/mol. The Morgan fingerprint density at radius 1 is 1.07 bits per heavy atom. The third-order valence-electron chi connectivity index (χ3n) is 3.98. The summed E-state index contributed by atoms with van der Waals surface area (Å²) in [7, 11) is 1.64. The third-order valence-corrected chi connectivity index (χ3v) is 5.72. The van der Waals surface area contributed by atoms with Gasteiger partial charge in [0.05, 0.1) is 29.5 Å². The van der Waals surface area contributed by atoms with Crippen LogP contribution >= 0.6 is 35.0 Å². The molecule has 0 radical (unpaired) electrons. The summed E-state index contributed by atoms with van der Waals surface area (Å²) in [6, 6.07) is 11.5. The molecular formula is C21H25Cl2NO3S. The van der Waals surface area contributed by atoms with Gasteiger partial charge in [-0.2, -0.15) is 0 Å². The molecule has 28 heavy (non-hydrogen) atoms. The monoisotopic (exact) mass is 441 g/mol. The number of rotatable bonds is 11. The van der Waals surface area contributed by atoms with Gasteiger partial charge in [0.2, 0.25) is 5.91 Å². The summed E-state index contributed by atoms with van der Waals surface area (Å²) < 4.78 is 10.9. The van der Waals surface area contributed by atoms with E-state index in [0.717, 1.165) is 41.2 Å². The van der Waals surface area contributed by atoms with Crippen LogP contribution in [0.5, 0.6) is 11.5 Å². The molecule has 152 valence electrons. The highest BCUT2D eigenvalue weighted by Gasteiger charge is 2.06. The summed E-state index contributed by atoms with van der Waals surface area (Å²) in [6.45, 7) is 3.19. The number of ether oxygens (including phenoxy) is 2. The third kappa shape index (κ3) is 7.46. The van der Waals surface area contributed by atoms with E-state index in [1.165, 1.54) is 0 Å². The molecule has 0 aromatic heterocycles. The molecule has 0 spiro atoms. The van der Waals surface area contributed by atoms with Crippen LogP contribution in [0.3, 0.4) is 0 Å². The van der Waals surface area contributed by atoms with E-state index in [-0.39, 0.29) is 5.91 Å². The Labute approximate surface area is 180 Å². The number of methoxy groups -OCH3 is 1. The molecule has 0 bridgehead atoms. The van der Waals surface area contributed by atoms with Crippen LogP contribution in [-0.4, -0.2) is 31.9 Å². The second-order valence-electron chi connectivity index (χ2n) is 6.11. The number of thioether (sulfide) groups is 1. The fraction of sp³-hybridized carbons (Fsp3) is 0.381. The average Bonchev–Trinajstić information content (AvgIpc) is 2.69. The lowest BCUT2D eigenvalue weighted by Gasteiger charge is -2.11. The number of nitrogens with one attached hydrogen (secondary N) is 1. The number of aryl methyl sites for hydroxylation is 1. The maximum Gasteiger partial charge on any atom is 0.230 e. The second-order valence-corrected chi connectivity index (χ2v) is 7.91. The number of halogens is 2. The summed E-state index contributed by atoms with van der Waals surface area (Å²) in [5, 5.41) is 4.03. The first-order valence-electron chi connectivity index (χ1n) is 9.11. The molecule has 0 heterocycles. The normalized spacial score (nSPS) is 10.6. The van der Waals surface area contributed by atoms with Crippen molar-refractivity contribution in [1.29, 1.82) is 0 Å². The molecule has 0 saturated carbocycles. The zero-order valence-electron chi connectivity index (χ0n) is 16.1. The molecule has 0 atom stereocenters. The minimum absolute atomic E-state index is 0.0364. The Balaban J connectivity index is 1.66. The van der Waals surface area contributed by atoms with Crippen LogP contribution in [0.25, 0.3) is 0 Å². The number of hydrogen-bond donors (Lipinski definition) is 1. The summed E-state index contributed by atoms with van der Waals surface area (Å²) in [5.41, 5.74) is 2.21. The predicted octanol–water partition coefficient (Wildman–Crippen LogP) is 5.38. The number of carbonyl (C=O) groups is 1. The fourth-order valence-corrected chi connectivity index (χ4v) is 3.73. The van der Waals surface area contributed by atoms with E-state index in [9.17, 15) is 4.79 Å². The van der Waals surface area contributed by atoms with E-state index < -0.39 is 0 Å². The summed E-state index contributed by atoms with van der Waals surface area (Å²) in [4.78, 5) is 12.0. The highest BCUT2D eigenvalue weighted by Crippen LogP contribution is 2.28. The molecule has 2 rings (SSSR count). The van der Waals surface area contributed by atoms with Gasteiger partial charge in [0, 0.05) is 12.3 Å². The van der Waals surface area contributed by atoms with Crippen molar-refractivity contribution >= 4 is 40.9 Å². The zero-order chi connectivity index (χ0) is 20.4. The van der Waals surface area contributed by atoms with Crippen molar-refractivity contribution in [3.63, 3.8) is 0 Å². The molecule has 2 aromatic carbocycles. The zero-order valence-corrected chi connectivity index (χ0v) is 18.4. The highest BCUT2D eigenvalue weighted by atomic mass is 35.5. The molecule has 0 aliphatic heterocycles. The van der Waals surface area contributed by atoms with E-state index in [1.54, 1.807) is 24.9 Å². The van der Waals surface area contributed by atoms with Crippen molar-refractivity contribution < 1.29 is 14.3 Å². The van der Waals surface area contributed by atoms with Gasteiger partial charge in [0.1, 0.15) is 0 Å². The van der Waals surface area contributed by atoms with Crippen LogP contribution in [-0.2, 0) is 17.0 Å². The number of carbonyl (C=O) groups excluding carboxylic acids is 1. The molecule has 0 saturated heterocycles. The van der Waals surface area contributed by atoms with Gasteiger partial charge in [-0.3, -0.25) is 4.79 Å². The van der Waals surface area contributed by atoms with Crippen molar-refractivity contribution in [3.05, 3.63) is 57.6 Å². The quantitative estimate of drug-likeness (QED) is 0.475. The summed E-state index contributed by atoms with van der Waals surface area (Å²) in [6.07, 6.45) is 1.72. The SMILES string of the molecule is CCOc1ccc(CCCNC(=O)CSCc2ccc(Cl)c(Cl)c2)cc1OC. The molecule has 0 aliphatic rings. The lowest BCUT2D eigenvalue weighted by molar-refractivity contribution is -0.118. The van der Waals surface area contributed by atoms with Gasteiger partial charge >= 0.3 is 0 Å². The topological polar surface area (TPSA) is 47.6 Å². The van der Waals surface area contributed by atoms with Gasteiger partial charge < -0.3 is 14.8 Å². The lowest BCUT2D eigenvalue weighted by Crippen LogP contribution is -2.26. The van der Waals surface area contributed by atoms with Gasteiger partial charge in [-0.15, -0.1) is 11.8 Å². The van der Waals surface area contributed by atoms with E-state index in [2.05, 4.69) is 5.32 Å². The molecule has 2 aromatic rings. The van der Waals surface area contributed by atoms with Gasteiger partial charge in [-0.1, -0.05) is 35.3 Å². The molecule has 0 fully saturated rings. The molecule has 0 aliphatic carbocycles. The fourth-order valence-electron chi connectivity index (χ4n) is 2.60. The van der Waals surface area contributed by atoms with E-state index in [1.807, 2.05) is 37.3 Å². The Kier molecular flexibility index (Phi) is 9.82. The van der Waals surface area contributed by atoms with Crippen LogP contribution in [0.1, 0.15) is 24.5 Å². The first-order valence-corrected chi connectivity index (χ1v) is 11.0.